The van der Waals surface area contributed by atoms with Crippen LogP contribution in [0.25, 0.3) is 22.3 Å². The number of nitrogens with one attached hydrogen (secondary N) is 2. The van der Waals surface area contributed by atoms with Gasteiger partial charge in [-0.2, -0.15) is 0 Å². The number of benzene rings is 1. The topological polar surface area (TPSA) is 66.5 Å². The Morgan fingerprint density at radius 3 is 3.00 bits per heavy atom. The molecule has 0 atom stereocenters. The van der Waals surface area contributed by atoms with E-state index in [1.165, 1.54) is 0 Å². The first-order valence-corrected chi connectivity index (χ1v) is 7.33. The van der Waals surface area contributed by atoms with E-state index in [9.17, 15) is 0 Å². The van der Waals surface area contributed by atoms with Gasteiger partial charge in [0.1, 0.15) is 0 Å². The fraction of sp³-hybridized carbons (Fsp3) is 0. The molecule has 0 bridgehead atoms. The predicted octanol–water partition coefficient (Wildman–Crippen LogP) is 3.83. The summed E-state index contributed by atoms with van der Waals surface area (Å²) in [7, 11) is 0. The van der Waals surface area contributed by atoms with Crippen LogP contribution in [0.15, 0.2) is 54.3 Å². The Morgan fingerprint density at radius 1 is 1.10 bits per heavy atom. The highest BCUT2D eigenvalue weighted by Gasteiger charge is 2.05. The molecule has 0 saturated heterocycles. The van der Waals surface area contributed by atoms with Crippen molar-refractivity contribution in [2.24, 2.45) is 0 Å². The van der Waals surface area contributed by atoms with E-state index in [0.29, 0.717) is 5.95 Å². The van der Waals surface area contributed by atoms with Crippen LogP contribution < -0.4 is 5.32 Å². The Bertz CT molecular complexity index is 882. The molecule has 3 heterocycles. The van der Waals surface area contributed by atoms with Gasteiger partial charge >= 0.3 is 0 Å². The van der Waals surface area contributed by atoms with E-state index in [4.69, 9.17) is 0 Å². The first-order chi connectivity index (χ1) is 10.4. The lowest BCUT2D eigenvalue weighted by Gasteiger charge is -2.05. The molecule has 0 amide bonds. The van der Waals surface area contributed by atoms with Gasteiger partial charge in [-0.25, -0.2) is 15.0 Å². The van der Waals surface area contributed by atoms with Crippen LogP contribution in [0.2, 0.25) is 0 Å². The average Bonchev–Trinajstić information content (AvgIpc) is 3.17. The normalized spacial score (nSPS) is 10.9. The van der Waals surface area contributed by atoms with Gasteiger partial charge in [-0.15, -0.1) is 11.3 Å². The van der Waals surface area contributed by atoms with Crippen molar-refractivity contribution in [2.75, 3.05) is 5.32 Å². The molecule has 1 aromatic carbocycles. The molecule has 0 saturated carbocycles. The Morgan fingerprint density at radius 2 is 2.10 bits per heavy atom. The van der Waals surface area contributed by atoms with E-state index in [-0.39, 0.29) is 0 Å². The van der Waals surface area contributed by atoms with E-state index >= 15 is 0 Å². The highest BCUT2D eigenvalue weighted by molar-refractivity contribution is 7.14. The lowest BCUT2D eigenvalue weighted by atomic mass is 10.1. The number of imidazole rings is 1. The van der Waals surface area contributed by atoms with Crippen LogP contribution in [0.3, 0.4) is 0 Å². The van der Waals surface area contributed by atoms with Crippen LogP contribution in [0.4, 0.5) is 10.9 Å². The van der Waals surface area contributed by atoms with Gasteiger partial charge in [0.05, 0.1) is 28.1 Å². The van der Waals surface area contributed by atoms with E-state index in [0.717, 1.165) is 27.3 Å². The van der Waals surface area contributed by atoms with Gasteiger partial charge in [-0.3, -0.25) is 0 Å². The summed E-state index contributed by atoms with van der Waals surface area (Å²) in [6.07, 6.45) is 3.45. The molecule has 0 unspecified atom stereocenters. The van der Waals surface area contributed by atoms with Crippen molar-refractivity contribution in [1.82, 2.24) is 19.9 Å². The summed E-state index contributed by atoms with van der Waals surface area (Å²) >= 11 is 1.62. The number of hydrogen-bond donors (Lipinski definition) is 2. The number of aromatic nitrogens is 4. The first kappa shape index (κ1) is 12.0. The fourth-order valence-electron chi connectivity index (χ4n) is 2.13. The summed E-state index contributed by atoms with van der Waals surface area (Å²) in [5.41, 5.74) is 3.84. The number of fused-ring (bicyclic) bond motifs is 1. The third-order valence-corrected chi connectivity index (χ3v) is 3.91. The van der Waals surface area contributed by atoms with Crippen molar-refractivity contribution in [1.29, 1.82) is 0 Å². The Kier molecular flexibility index (Phi) is 2.86. The van der Waals surface area contributed by atoms with E-state index in [1.807, 2.05) is 41.8 Å². The number of H-pyrrole nitrogens is 1. The van der Waals surface area contributed by atoms with Crippen molar-refractivity contribution >= 4 is 33.3 Å². The molecule has 5 nitrogen and oxygen atoms in total. The Hall–Kier alpha value is -2.73. The fourth-order valence-corrected chi connectivity index (χ4v) is 2.74. The van der Waals surface area contributed by atoms with Crippen molar-refractivity contribution in [3.05, 3.63) is 54.3 Å². The quantitative estimate of drug-likeness (QED) is 0.602. The van der Waals surface area contributed by atoms with Crippen LogP contribution >= 0.6 is 11.3 Å². The minimum absolute atomic E-state index is 0.595. The second kappa shape index (κ2) is 4.99. The van der Waals surface area contributed by atoms with Crippen molar-refractivity contribution < 1.29 is 0 Å². The molecule has 6 heteroatoms. The molecule has 0 aliphatic carbocycles. The van der Waals surface area contributed by atoms with Gasteiger partial charge in [-0.1, -0.05) is 6.07 Å². The molecule has 0 radical (unpaired) electrons. The predicted molar refractivity (Wildman–Crippen MR) is 84.7 cm³/mol. The zero-order chi connectivity index (χ0) is 14.1. The van der Waals surface area contributed by atoms with Crippen molar-refractivity contribution in [3.63, 3.8) is 0 Å². The summed E-state index contributed by atoms with van der Waals surface area (Å²) < 4.78 is 0. The van der Waals surface area contributed by atoms with Gasteiger partial charge < -0.3 is 10.3 Å². The number of anilines is 2. The molecular formula is C15H11N5S. The van der Waals surface area contributed by atoms with Crippen LogP contribution in [0.1, 0.15) is 0 Å². The van der Waals surface area contributed by atoms with Crippen molar-refractivity contribution in [3.8, 4) is 11.3 Å². The molecule has 2 N–H and O–H groups in total. The van der Waals surface area contributed by atoms with Crippen LogP contribution in [0, 0.1) is 0 Å². The van der Waals surface area contributed by atoms with Gasteiger partial charge in [0.25, 0.3) is 0 Å². The summed E-state index contributed by atoms with van der Waals surface area (Å²) in [5, 5.41) is 6.24. The number of nitrogens with zero attached hydrogens (tertiary/aromatic N) is 3. The maximum absolute atomic E-state index is 4.56. The highest BCUT2D eigenvalue weighted by atomic mass is 32.1. The number of hydrogen-bond acceptors (Lipinski definition) is 5. The van der Waals surface area contributed by atoms with Gasteiger partial charge in [0.2, 0.25) is 5.95 Å². The number of thiophene rings is 1. The third kappa shape index (κ3) is 2.36. The van der Waals surface area contributed by atoms with Crippen molar-refractivity contribution in [2.45, 2.75) is 0 Å². The summed E-state index contributed by atoms with van der Waals surface area (Å²) in [6, 6.07) is 11.9. The molecule has 3 aromatic heterocycles. The number of rotatable bonds is 3. The lowest BCUT2D eigenvalue weighted by molar-refractivity contribution is 1.17. The zero-order valence-electron chi connectivity index (χ0n) is 10.9. The SMILES string of the molecule is c1csc(Nc2nccc(-c3ccc4[nH]cnc4c3)n2)c1. The average molecular weight is 293 g/mol. The largest absolute Gasteiger partial charge is 0.345 e. The molecule has 0 aliphatic heterocycles. The van der Waals surface area contributed by atoms with Crippen LogP contribution in [-0.2, 0) is 0 Å². The minimum atomic E-state index is 0.595. The molecule has 21 heavy (non-hydrogen) atoms. The monoisotopic (exact) mass is 293 g/mol. The molecule has 0 fully saturated rings. The molecule has 4 rings (SSSR count). The Balaban J connectivity index is 1.71. The maximum Gasteiger partial charge on any atom is 0.228 e. The van der Waals surface area contributed by atoms with Gasteiger partial charge in [-0.05, 0) is 35.7 Å². The smallest absolute Gasteiger partial charge is 0.228 e. The molecule has 102 valence electrons. The maximum atomic E-state index is 4.56. The van der Waals surface area contributed by atoms with Gasteiger partial charge in [0.15, 0.2) is 0 Å². The van der Waals surface area contributed by atoms with Gasteiger partial charge in [0, 0.05) is 11.8 Å². The van der Waals surface area contributed by atoms with E-state index in [1.54, 1.807) is 23.9 Å². The second-order valence-electron chi connectivity index (χ2n) is 4.50. The highest BCUT2D eigenvalue weighted by Crippen LogP contribution is 2.23. The summed E-state index contributed by atoms with van der Waals surface area (Å²) in [6.45, 7) is 0. The molecular weight excluding hydrogens is 282 g/mol. The third-order valence-electron chi connectivity index (χ3n) is 3.13. The first-order valence-electron chi connectivity index (χ1n) is 6.45. The zero-order valence-corrected chi connectivity index (χ0v) is 11.8. The van der Waals surface area contributed by atoms with Crippen LogP contribution in [-0.4, -0.2) is 19.9 Å². The summed E-state index contributed by atoms with van der Waals surface area (Å²) in [5.74, 6) is 0.595. The number of aromatic amines is 1. The summed E-state index contributed by atoms with van der Waals surface area (Å²) in [4.78, 5) is 16.2. The molecule has 0 aliphatic rings. The van der Waals surface area contributed by atoms with E-state index < -0.39 is 0 Å². The second-order valence-corrected chi connectivity index (χ2v) is 5.45. The Labute approximate surface area is 124 Å². The van der Waals surface area contributed by atoms with E-state index in [2.05, 4.69) is 25.3 Å². The minimum Gasteiger partial charge on any atom is -0.345 e. The lowest BCUT2D eigenvalue weighted by Crippen LogP contribution is -1.96. The molecule has 4 aromatic rings. The van der Waals surface area contributed by atoms with Crippen LogP contribution in [0.5, 0.6) is 0 Å². The standard InChI is InChI=1S/C15H11N5S/c1-2-14(21-7-1)20-15-16-6-5-11(19-15)10-3-4-12-13(8-10)18-9-17-12/h1-9H,(H,17,18)(H,16,19,20). The molecule has 0 spiro atoms.